The van der Waals surface area contributed by atoms with Crippen LogP contribution in [0.5, 0.6) is 0 Å². The van der Waals surface area contributed by atoms with Gasteiger partial charge in [0.2, 0.25) is 0 Å². The molecule has 1 amide bonds. The SMILES string of the molecule is CCCCCCCCCCc1ccc(/C=C(\C#N)C(N)=O)cc1. The van der Waals surface area contributed by atoms with E-state index in [0.29, 0.717) is 0 Å². The largest absolute Gasteiger partial charge is 0.365 e. The summed E-state index contributed by atoms with van der Waals surface area (Å²) >= 11 is 0. The predicted octanol–water partition coefficient (Wildman–Crippen LogP) is 4.76. The lowest BCUT2D eigenvalue weighted by atomic mass is 10.0. The highest BCUT2D eigenvalue weighted by atomic mass is 16.1. The van der Waals surface area contributed by atoms with E-state index >= 15 is 0 Å². The Kier molecular flexibility index (Phi) is 9.47. The number of nitriles is 1. The van der Waals surface area contributed by atoms with Crippen molar-refractivity contribution in [2.24, 2.45) is 5.73 Å². The van der Waals surface area contributed by atoms with Crippen LogP contribution in [0.3, 0.4) is 0 Å². The highest BCUT2D eigenvalue weighted by molar-refractivity contribution is 6.00. The number of hydrogen-bond acceptors (Lipinski definition) is 2. The Hall–Kier alpha value is -2.08. The lowest BCUT2D eigenvalue weighted by Crippen LogP contribution is -2.12. The third kappa shape index (κ3) is 8.21. The van der Waals surface area contributed by atoms with Gasteiger partial charge in [0.05, 0.1) is 0 Å². The second kappa shape index (κ2) is 11.5. The maximum atomic E-state index is 11.0. The fourth-order valence-corrected chi connectivity index (χ4v) is 2.57. The third-order valence-corrected chi connectivity index (χ3v) is 4.00. The molecule has 2 N–H and O–H groups in total. The van der Waals surface area contributed by atoms with Crippen molar-refractivity contribution >= 4 is 12.0 Å². The number of carbonyl (C=O) groups excluding carboxylic acids is 1. The summed E-state index contributed by atoms with van der Waals surface area (Å²) in [6.45, 7) is 2.25. The summed E-state index contributed by atoms with van der Waals surface area (Å²) in [7, 11) is 0. The van der Waals surface area contributed by atoms with Crippen LogP contribution >= 0.6 is 0 Å². The minimum absolute atomic E-state index is 0.0131. The van der Waals surface area contributed by atoms with Crippen LogP contribution in [0.25, 0.3) is 6.08 Å². The van der Waals surface area contributed by atoms with Gasteiger partial charge >= 0.3 is 0 Å². The first-order valence-electron chi connectivity index (χ1n) is 8.68. The van der Waals surface area contributed by atoms with Crippen molar-refractivity contribution < 1.29 is 4.79 Å². The van der Waals surface area contributed by atoms with Crippen molar-refractivity contribution in [3.05, 3.63) is 41.0 Å². The van der Waals surface area contributed by atoms with Crippen molar-refractivity contribution in [1.29, 1.82) is 5.26 Å². The van der Waals surface area contributed by atoms with Crippen molar-refractivity contribution in [3.63, 3.8) is 0 Å². The summed E-state index contributed by atoms with van der Waals surface area (Å²) in [5, 5.41) is 8.83. The van der Waals surface area contributed by atoms with Gasteiger partial charge in [0.15, 0.2) is 0 Å². The van der Waals surface area contributed by atoms with E-state index < -0.39 is 5.91 Å². The van der Waals surface area contributed by atoms with Crippen LogP contribution in [0.15, 0.2) is 29.8 Å². The van der Waals surface area contributed by atoms with Gasteiger partial charge in [0, 0.05) is 0 Å². The molecular weight excluding hydrogens is 284 g/mol. The zero-order valence-electron chi connectivity index (χ0n) is 14.2. The Balaban J connectivity index is 2.30. The van der Waals surface area contributed by atoms with Crippen LogP contribution in [0, 0.1) is 11.3 Å². The quantitative estimate of drug-likeness (QED) is 0.363. The van der Waals surface area contributed by atoms with Gasteiger partial charge in [0.1, 0.15) is 11.6 Å². The number of rotatable bonds is 11. The Labute approximate surface area is 140 Å². The molecule has 0 bridgehead atoms. The molecule has 23 heavy (non-hydrogen) atoms. The van der Waals surface area contributed by atoms with Gasteiger partial charge in [-0.05, 0) is 30.0 Å². The number of carbonyl (C=O) groups is 1. The Morgan fingerprint density at radius 1 is 1.04 bits per heavy atom. The summed E-state index contributed by atoms with van der Waals surface area (Å²) in [5.74, 6) is -0.685. The van der Waals surface area contributed by atoms with Gasteiger partial charge in [-0.1, -0.05) is 76.1 Å². The minimum atomic E-state index is -0.685. The second-order valence-corrected chi connectivity index (χ2v) is 6.00. The molecule has 0 spiro atoms. The summed E-state index contributed by atoms with van der Waals surface area (Å²) in [6.07, 6.45) is 13.2. The van der Waals surface area contributed by atoms with Crippen LogP contribution < -0.4 is 5.73 Å². The molecule has 124 valence electrons. The molecule has 3 nitrogen and oxygen atoms in total. The molecule has 0 atom stereocenters. The van der Waals surface area contributed by atoms with Gasteiger partial charge in [-0.2, -0.15) is 5.26 Å². The lowest BCUT2D eigenvalue weighted by Gasteiger charge is -2.03. The summed E-state index contributed by atoms with van der Waals surface area (Å²) < 4.78 is 0. The fourth-order valence-electron chi connectivity index (χ4n) is 2.57. The standard InChI is InChI=1S/C20H28N2O/c1-2-3-4-5-6-7-8-9-10-17-11-13-18(14-12-17)15-19(16-21)20(22)23/h11-15H,2-10H2,1H3,(H2,22,23)/b19-15+. The molecule has 0 aliphatic carbocycles. The number of aryl methyl sites for hydroxylation is 1. The first kappa shape index (κ1) is 19.0. The number of unbranched alkanes of at least 4 members (excludes halogenated alkanes) is 7. The van der Waals surface area contributed by atoms with E-state index in [-0.39, 0.29) is 5.57 Å². The summed E-state index contributed by atoms with van der Waals surface area (Å²) in [6, 6.07) is 9.80. The Morgan fingerprint density at radius 2 is 1.61 bits per heavy atom. The van der Waals surface area contributed by atoms with E-state index in [1.54, 1.807) is 0 Å². The average molecular weight is 312 g/mol. The highest BCUT2D eigenvalue weighted by Crippen LogP contribution is 2.13. The van der Waals surface area contributed by atoms with E-state index in [1.807, 2.05) is 18.2 Å². The molecule has 0 aliphatic heterocycles. The van der Waals surface area contributed by atoms with E-state index in [4.69, 9.17) is 11.0 Å². The van der Waals surface area contributed by atoms with Crippen molar-refractivity contribution in [1.82, 2.24) is 0 Å². The molecule has 1 aromatic carbocycles. The number of nitrogens with two attached hydrogens (primary N) is 1. The average Bonchev–Trinajstić information content (AvgIpc) is 2.56. The van der Waals surface area contributed by atoms with Crippen LogP contribution in [-0.2, 0) is 11.2 Å². The number of hydrogen-bond donors (Lipinski definition) is 1. The summed E-state index contributed by atoms with van der Waals surface area (Å²) in [5.41, 5.74) is 7.24. The van der Waals surface area contributed by atoms with E-state index in [9.17, 15) is 4.79 Å². The van der Waals surface area contributed by atoms with Gasteiger partial charge in [0.25, 0.3) is 5.91 Å². The molecule has 0 saturated carbocycles. The van der Waals surface area contributed by atoms with Gasteiger partial charge < -0.3 is 5.73 Å². The molecule has 1 rings (SSSR count). The Morgan fingerprint density at radius 3 is 2.13 bits per heavy atom. The number of benzene rings is 1. The second-order valence-electron chi connectivity index (χ2n) is 6.00. The van der Waals surface area contributed by atoms with E-state index in [2.05, 4.69) is 19.1 Å². The molecule has 0 fully saturated rings. The van der Waals surface area contributed by atoms with Crippen LogP contribution in [-0.4, -0.2) is 5.91 Å². The normalized spacial score (nSPS) is 11.2. The topological polar surface area (TPSA) is 66.9 Å². The van der Waals surface area contributed by atoms with Crippen LogP contribution in [0.2, 0.25) is 0 Å². The minimum Gasteiger partial charge on any atom is -0.365 e. The number of amides is 1. The van der Waals surface area contributed by atoms with E-state index in [0.717, 1.165) is 12.0 Å². The molecule has 0 heterocycles. The van der Waals surface area contributed by atoms with Crippen LogP contribution in [0.4, 0.5) is 0 Å². The molecule has 1 aromatic rings. The lowest BCUT2D eigenvalue weighted by molar-refractivity contribution is -0.114. The number of nitrogens with zero attached hydrogens (tertiary/aromatic N) is 1. The van der Waals surface area contributed by atoms with Gasteiger partial charge in [-0.25, -0.2) is 0 Å². The first-order valence-corrected chi connectivity index (χ1v) is 8.68. The maximum Gasteiger partial charge on any atom is 0.259 e. The summed E-state index contributed by atoms with van der Waals surface area (Å²) in [4.78, 5) is 11.0. The van der Waals surface area contributed by atoms with Crippen molar-refractivity contribution in [3.8, 4) is 6.07 Å². The molecule has 3 heteroatoms. The zero-order chi connectivity index (χ0) is 16.9. The van der Waals surface area contributed by atoms with Crippen molar-refractivity contribution in [2.45, 2.75) is 64.7 Å². The monoisotopic (exact) mass is 312 g/mol. The zero-order valence-corrected chi connectivity index (χ0v) is 14.2. The third-order valence-electron chi connectivity index (χ3n) is 4.00. The van der Waals surface area contributed by atoms with Gasteiger partial charge in [-0.3, -0.25) is 4.79 Å². The fraction of sp³-hybridized carbons (Fsp3) is 0.500. The first-order chi connectivity index (χ1) is 11.2. The molecule has 0 radical (unpaired) electrons. The molecule has 0 saturated heterocycles. The molecule has 0 unspecified atom stereocenters. The Bertz CT molecular complexity index is 538. The highest BCUT2D eigenvalue weighted by Gasteiger charge is 2.03. The van der Waals surface area contributed by atoms with Gasteiger partial charge in [-0.15, -0.1) is 0 Å². The van der Waals surface area contributed by atoms with Crippen molar-refractivity contribution in [2.75, 3.05) is 0 Å². The molecule has 0 aromatic heterocycles. The number of primary amides is 1. The predicted molar refractivity (Wildman–Crippen MR) is 95.5 cm³/mol. The van der Waals surface area contributed by atoms with E-state index in [1.165, 1.54) is 63.0 Å². The smallest absolute Gasteiger partial charge is 0.259 e. The van der Waals surface area contributed by atoms with Crippen LogP contribution in [0.1, 0.15) is 69.4 Å². The maximum absolute atomic E-state index is 11.0. The molecule has 0 aliphatic rings. The molecular formula is C20H28N2O.